The number of halogens is 1. The van der Waals surface area contributed by atoms with Crippen molar-refractivity contribution in [2.45, 2.75) is 58.2 Å². The molecular weight excluding hydrogens is 229 g/mol. The Bertz CT molecular complexity index is 390. The van der Waals surface area contributed by atoms with Crippen LogP contribution in [0.25, 0.3) is 0 Å². The van der Waals surface area contributed by atoms with Gasteiger partial charge in [-0.3, -0.25) is 0 Å². The van der Waals surface area contributed by atoms with Crippen molar-refractivity contribution in [3.8, 4) is 5.75 Å². The Morgan fingerprint density at radius 3 is 2.83 bits per heavy atom. The minimum Gasteiger partial charge on any atom is -0.491 e. The lowest BCUT2D eigenvalue weighted by atomic mass is 10.2. The third-order valence-corrected chi connectivity index (χ3v) is 3.14. The fourth-order valence-electron chi connectivity index (χ4n) is 2.04. The van der Waals surface area contributed by atoms with E-state index < -0.39 is 0 Å². The van der Waals surface area contributed by atoms with Crippen LogP contribution in [0.4, 0.5) is 4.39 Å². The molecule has 1 aliphatic carbocycles. The van der Waals surface area contributed by atoms with Gasteiger partial charge in [0.25, 0.3) is 0 Å². The van der Waals surface area contributed by atoms with Gasteiger partial charge in [-0.25, -0.2) is 4.39 Å². The summed E-state index contributed by atoms with van der Waals surface area (Å²) < 4.78 is 19.2. The van der Waals surface area contributed by atoms with Gasteiger partial charge in [-0.15, -0.1) is 0 Å². The molecule has 1 N–H and O–H groups in total. The number of benzene rings is 1. The average molecular weight is 251 g/mol. The maximum atomic E-state index is 13.5. The molecule has 2 rings (SSSR count). The third kappa shape index (κ3) is 4.30. The Morgan fingerprint density at radius 1 is 1.39 bits per heavy atom. The number of hydrogen-bond acceptors (Lipinski definition) is 2. The molecule has 0 saturated heterocycles. The van der Waals surface area contributed by atoms with Crippen LogP contribution in [0.3, 0.4) is 0 Å². The second-order valence-electron chi connectivity index (χ2n) is 5.17. The van der Waals surface area contributed by atoms with Crippen molar-refractivity contribution >= 4 is 0 Å². The van der Waals surface area contributed by atoms with Gasteiger partial charge in [0.1, 0.15) is 11.6 Å². The first-order valence-corrected chi connectivity index (χ1v) is 6.87. The Labute approximate surface area is 109 Å². The van der Waals surface area contributed by atoms with Crippen molar-refractivity contribution in [3.05, 3.63) is 29.6 Å². The van der Waals surface area contributed by atoms with E-state index in [4.69, 9.17) is 4.74 Å². The highest BCUT2D eigenvalue weighted by atomic mass is 19.1. The highest BCUT2D eigenvalue weighted by Crippen LogP contribution is 2.22. The van der Waals surface area contributed by atoms with Crippen LogP contribution in [0.5, 0.6) is 5.75 Å². The first-order valence-electron chi connectivity index (χ1n) is 6.87. The summed E-state index contributed by atoms with van der Waals surface area (Å²) in [5.74, 6) is 0.423. The van der Waals surface area contributed by atoms with Crippen LogP contribution in [-0.2, 0) is 6.54 Å². The standard InChI is InChI=1S/C15H22FNO/c1-3-4-11(2)18-15-8-12(7-13(16)9-15)10-17-14-5-6-14/h7-9,11,14,17H,3-6,10H2,1-2H3. The van der Waals surface area contributed by atoms with E-state index in [-0.39, 0.29) is 11.9 Å². The molecule has 1 saturated carbocycles. The second-order valence-corrected chi connectivity index (χ2v) is 5.17. The average Bonchev–Trinajstić information content (AvgIpc) is 3.09. The van der Waals surface area contributed by atoms with Crippen LogP contribution in [-0.4, -0.2) is 12.1 Å². The maximum absolute atomic E-state index is 13.5. The van der Waals surface area contributed by atoms with E-state index in [1.54, 1.807) is 6.07 Å². The summed E-state index contributed by atoms with van der Waals surface area (Å²) in [6.07, 6.45) is 4.69. The summed E-state index contributed by atoms with van der Waals surface area (Å²) in [6.45, 7) is 4.87. The van der Waals surface area contributed by atoms with E-state index in [0.717, 1.165) is 24.9 Å². The van der Waals surface area contributed by atoms with Crippen molar-refractivity contribution in [3.63, 3.8) is 0 Å². The first kappa shape index (κ1) is 13.3. The number of nitrogens with one attached hydrogen (secondary N) is 1. The molecule has 3 heteroatoms. The molecule has 1 fully saturated rings. The van der Waals surface area contributed by atoms with E-state index >= 15 is 0 Å². The van der Waals surface area contributed by atoms with Crippen molar-refractivity contribution in [1.82, 2.24) is 5.32 Å². The molecule has 1 unspecified atom stereocenters. The largest absolute Gasteiger partial charge is 0.491 e. The summed E-state index contributed by atoms with van der Waals surface area (Å²) >= 11 is 0. The summed E-state index contributed by atoms with van der Waals surface area (Å²) in [7, 11) is 0. The normalized spacial score (nSPS) is 16.6. The van der Waals surface area contributed by atoms with Crippen LogP contribution in [0, 0.1) is 5.82 Å². The minimum atomic E-state index is -0.219. The Balaban J connectivity index is 1.95. The molecular formula is C15H22FNO. The number of hydrogen-bond donors (Lipinski definition) is 1. The van der Waals surface area contributed by atoms with E-state index in [1.165, 1.54) is 18.9 Å². The molecule has 1 aliphatic rings. The van der Waals surface area contributed by atoms with Gasteiger partial charge in [0.15, 0.2) is 0 Å². The van der Waals surface area contributed by atoms with Gasteiger partial charge < -0.3 is 10.1 Å². The molecule has 100 valence electrons. The molecule has 0 aliphatic heterocycles. The number of ether oxygens (including phenoxy) is 1. The van der Waals surface area contributed by atoms with E-state index in [1.807, 2.05) is 13.0 Å². The van der Waals surface area contributed by atoms with Gasteiger partial charge in [-0.2, -0.15) is 0 Å². The van der Waals surface area contributed by atoms with Crippen LogP contribution >= 0.6 is 0 Å². The zero-order valence-corrected chi connectivity index (χ0v) is 11.2. The molecule has 0 spiro atoms. The quantitative estimate of drug-likeness (QED) is 0.798. The Kier molecular flexibility index (Phi) is 4.59. The van der Waals surface area contributed by atoms with Gasteiger partial charge in [0, 0.05) is 18.7 Å². The SMILES string of the molecule is CCCC(C)Oc1cc(F)cc(CNC2CC2)c1. The van der Waals surface area contributed by atoms with Crippen LogP contribution < -0.4 is 10.1 Å². The highest BCUT2D eigenvalue weighted by molar-refractivity contribution is 5.30. The zero-order chi connectivity index (χ0) is 13.0. The molecule has 1 aromatic rings. The summed E-state index contributed by atoms with van der Waals surface area (Å²) in [5.41, 5.74) is 0.959. The van der Waals surface area contributed by atoms with E-state index in [2.05, 4.69) is 12.2 Å². The molecule has 1 aromatic carbocycles. The van der Waals surface area contributed by atoms with Crippen LogP contribution in [0.2, 0.25) is 0 Å². The first-order chi connectivity index (χ1) is 8.67. The molecule has 0 heterocycles. The molecule has 0 radical (unpaired) electrons. The topological polar surface area (TPSA) is 21.3 Å². The molecule has 18 heavy (non-hydrogen) atoms. The molecule has 0 bridgehead atoms. The van der Waals surface area contributed by atoms with Gasteiger partial charge in [0.2, 0.25) is 0 Å². The Hall–Kier alpha value is -1.09. The highest BCUT2D eigenvalue weighted by Gasteiger charge is 2.20. The molecule has 0 amide bonds. The summed E-state index contributed by atoms with van der Waals surface area (Å²) in [4.78, 5) is 0. The van der Waals surface area contributed by atoms with Gasteiger partial charge in [0.05, 0.1) is 6.10 Å². The molecule has 0 aromatic heterocycles. The predicted molar refractivity (Wildman–Crippen MR) is 71.3 cm³/mol. The smallest absolute Gasteiger partial charge is 0.127 e. The lowest BCUT2D eigenvalue weighted by Gasteiger charge is -2.15. The maximum Gasteiger partial charge on any atom is 0.127 e. The van der Waals surface area contributed by atoms with Crippen LogP contribution in [0.1, 0.15) is 45.1 Å². The molecule has 2 nitrogen and oxygen atoms in total. The van der Waals surface area contributed by atoms with Crippen molar-refractivity contribution in [2.75, 3.05) is 0 Å². The van der Waals surface area contributed by atoms with Crippen molar-refractivity contribution in [2.24, 2.45) is 0 Å². The summed E-state index contributed by atoms with van der Waals surface area (Å²) in [6, 6.07) is 5.61. The summed E-state index contributed by atoms with van der Waals surface area (Å²) in [5, 5.41) is 3.38. The van der Waals surface area contributed by atoms with Gasteiger partial charge in [-0.05, 0) is 43.9 Å². The van der Waals surface area contributed by atoms with E-state index in [0.29, 0.717) is 11.8 Å². The van der Waals surface area contributed by atoms with Crippen LogP contribution in [0.15, 0.2) is 18.2 Å². The number of rotatable bonds is 7. The molecule has 1 atom stereocenters. The lowest BCUT2D eigenvalue weighted by molar-refractivity contribution is 0.209. The minimum absolute atomic E-state index is 0.140. The van der Waals surface area contributed by atoms with Crippen molar-refractivity contribution in [1.29, 1.82) is 0 Å². The Morgan fingerprint density at radius 2 is 2.17 bits per heavy atom. The fraction of sp³-hybridized carbons (Fsp3) is 0.600. The lowest BCUT2D eigenvalue weighted by Crippen LogP contribution is -2.16. The third-order valence-electron chi connectivity index (χ3n) is 3.14. The van der Waals surface area contributed by atoms with Gasteiger partial charge >= 0.3 is 0 Å². The fourth-order valence-corrected chi connectivity index (χ4v) is 2.04. The van der Waals surface area contributed by atoms with Crippen molar-refractivity contribution < 1.29 is 9.13 Å². The second kappa shape index (κ2) is 6.19. The zero-order valence-electron chi connectivity index (χ0n) is 11.2. The predicted octanol–water partition coefficient (Wildman–Crippen LogP) is 3.65. The van der Waals surface area contributed by atoms with Gasteiger partial charge in [-0.1, -0.05) is 13.3 Å². The van der Waals surface area contributed by atoms with E-state index in [9.17, 15) is 4.39 Å². The monoisotopic (exact) mass is 251 g/mol.